The molecule has 3 saturated carbocycles. The van der Waals surface area contributed by atoms with Crippen molar-refractivity contribution in [2.45, 2.75) is 120 Å². The van der Waals surface area contributed by atoms with E-state index >= 15 is 0 Å². The Kier molecular flexibility index (Phi) is 11.1. The zero-order valence-electron chi connectivity index (χ0n) is 31.8. The molecule has 2 aromatic rings. The Morgan fingerprint density at radius 1 is 1.07 bits per heavy atom. The minimum absolute atomic E-state index is 0. The molecule has 17 heteroatoms. The number of hydrogen-bond acceptors (Lipinski definition) is 11. The first-order valence-electron chi connectivity index (χ1n) is 18.9. The Morgan fingerprint density at radius 2 is 1.84 bits per heavy atom. The van der Waals surface area contributed by atoms with Gasteiger partial charge in [-0.3, -0.25) is 19.1 Å². The number of amides is 4. The lowest BCUT2D eigenvalue weighted by Crippen LogP contribution is -2.60. The van der Waals surface area contributed by atoms with Gasteiger partial charge in [-0.15, -0.1) is 6.58 Å². The second-order valence-corrected chi connectivity index (χ2v) is 18.4. The molecule has 1 aromatic carbocycles. The predicted molar refractivity (Wildman–Crippen MR) is 200 cm³/mol. The molecule has 7 rings (SSSR count). The topological polar surface area (TPSA) is 227 Å². The maximum atomic E-state index is 14.6. The van der Waals surface area contributed by atoms with Crippen LogP contribution in [0.25, 0.3) is 11.0 Å². The van der Waals surface area contributed by atoms with Gasteiger partial charge in [-0.25, -0.2) is 23.2 Å². The van der Waals surface area contributed by atoms with Crippen LogP contribution >= 0.6 is 0 Å². The average Bonchev–Trinajstić information content (AvgIpc) is 4.04. The van der Waals surface area contributed by atoms with Crippen LogP contribution in [0.5, 0.6) is 11.6 Å². The van der Waals surface area contributed by atoms with Gasteiger partial charge in [-0.05, 0) is 68.4 Å². The van der Waals surface area contributed by atoms with Gasteiger partial charge in [0.2, 0.25) is 27.7 Å². The first-order chi connectivity index (χ1) is 25.6. The smallest absolute Gasteiger partial charge is 0.408 e. The Hall–Kier alpha value is -4.51. The van der Waals surface area contributed by atoms with Crippen LogP contribution in [-0.2, 0) is 35.6 Å². The summed E-state index contributed by atoms with van der Waals surface area (Å²) in [6.45, 7) is 9.18. The Labute approximate surface area is 320 Å². The normalized spacial score (nSPS) is 29.7. The van der Waals surface area contributed by atoms with Crippen molar-refractivity contribution in [2.75, 3.05) is 13.7 Å². The second kappa shape index (κ2) is 15.2. The van der Waals surface area contributed by atoms with Crippen LogP contribution in [0.15, 0.2) is 30.9 Å². The molecule has 2 bridgehead atoms. The van der Waals surface area contributed by atoms with Gasteiger partial charge >= 0.3 is 6.09 Å². The number of rotatable bonds is 7. The van der Waals surface area contributed by atoms with Crippen molar-refractivity contribution in [3.05, 3.63) is 36.5 Å². The molecule has 5 unspecified atom stereocenters. The van der Waals surface area contributed by atoms with E-state index in [0.717, 1.165) is 32.1 Å². The maximum Gasteiger partial charge on any atom is 0.408 e. The third-order valence-corrected chi connectivity index (χ3v) is 13.1. The van der Waals surface area contributed by atoms with E-state index in [9.17, 15) is 27.6 Å². The van der Waals surface area contributed by atoms with E-state index < -0.39 is 74.1 Å². The summed E-state index contributed by atoms with van der Waals surface area (Å²) < 4.78 is 45.3. The van der Waals surface area contributed by atoms with E-state index in [1.807, 2.05) is 32.9 Å². The van der Waals surface area contributed by atoms with Gasteiger partial charge in [-0.2, -0.15) is 0 Å². The van der Waals surface area contributed by atoms with Gasteiger partial charge in [0.1, 0.15) is 41.3 Å². The predicted octanol–water partition coefficient (Wildman–Crippen LogP) is 2.48. The number of ether oxygens (including phenoxy) is 3. The first-order valence-corrected chi connectivity index (χ1v) is 20.5. The largest absolute Gasteiger partial charge is 0.497 e. The third kappa shape index (κ3) is 8.52. The van der Waals surface area contributed by atoms with E-state index in [0.29, 0.717) is 47.6 Å². The summed E-state index contributed by atoms with van der Waals surface area (Å²) in [5.41, 5.74) is -0.451. The van der Waals surface area contributed by atoms with Crippen LogP contribution in [-0.4, -0.2) is 101 Å². The van der Waals surface area contributed by atoms with Gasteiger partial charge in [-0.1, -0.05) is 39.7 Å². The van der Waals surface area contributed by atoms with E-state index in [-0.39, 0.29) is 36.9 Å². The molecular weight excluding hydrogens is 733 g/mol. The van der Waals surface area contributed by atoms with Crippen LogP contribution in [0, 0.1) is 17.3 Å². The average molecular weight is 785 g/mol. The number of methoxy groups -OCH3 is 1. The quantitative estimate of drug-likeness (QED) is 0.346. The summed E-state index contributed by atoms with van der Waals surface area (Å²) in [6.07, 6.45) is 5.93. The minimum Gasteiger partial charge on any atom is -0.497 e. The zero-order chi connectivity index (χ0) is 38.6. The monoisotopic (exact) mass is 784 g/mol. The molecule has 16 nitrogen and oxygen atoms in total. The Balaban J connectivity index is 0.00000514. The molecule has 2 aliphatic heterocycles. The molecule has 0 radical (unpaired) electrons. The van der Waals surface area contributed by atoms with Crippen molar-refractivity contribution >= 4 is 44.9 Å². The van der Waals surface area contributed by atoms with Gasteiger partial charge in [0.25, 0.3) is 5.91 Å². The lowest BCUT2D eigenvalue weighted by atomic mass is 9.85. The van der Waals surface area contributed by atoms with Crippen LogP contribution < -0.4 is 24.8 Å². The van der Waals surface area contributed by atoms with E-state index in [1.54, 1.807) is 13.2 Å². The summed E-state index contributed by atoms with van der Waals surface area (Å²) in [4.78, 5) is 66.8. The van der Waals surface area contributed by atoms with Gasteiger partial charge in [0, 0.05) is 18.4 Å². The summed E-state index contributed by atoms with van der Waals surface area (Å²) in [6, 6.07) is 3.20. The van der Waals surface area contributed by atoms with Crippen LogP contribution in [0.2, 0.25) is 0 Å². The summed E-state index contributed by atoms with van der Waals surface area (Å²) >= 11 is 0. The standard InChI is InChI=1S/C38H50N6O9S.H2O/c1-6-22-19-38(22,35(47)43-54(49,50)25-13-14-25)42-32(45)29-18-24-20-44(29)34(46)31(37(2,3)4)41-36(48)53-30-16-21(30)10-8-7-9-11-27-33(52-24)40-28-17-23(51-5)12-15-26(28)39-27;/h6,12,15,17,21-22,24-25,29-31H,1,7-11,13-14,16,18-20H2,2-5H3,(H,41,48)(H,42,45)(H,43,47);1H2/t21?,22-,24?,29?,30?,31?,38-;/m1./s1. The van der Waals surface area contributed by atoms with Crippen molar-refractivity contribution in [3.63, 3.8) is 0 Å². The number of aromatic nitrogens is 2. The fourth-order valence-corrected chi connectivity index (χ4v) is 9.00. The number of carbonyl (C=O) groups excluding carboxylic acids is 4. The van der Waals surface area contributed by atoms with E-state index in [2.05, 4.69) is 21.9 Å². The van der Waals surface area contributed by atoms with Crippen molar-refractivity contribution in [3.8, 4) is 11.6 Å². The summed E-state index contributed by atoms with van der Waals surface area (Å²) in [7, 11) is -2.33. The van der Waals surface area contributed by atoms with E-state index in [1.165, 1.54) is 11.0 Å². The van der Waals surface area contributed by atoms with Crippen molar-refractivity contribution in [1.82, 2.24) is 30.2 Å². The molecule has 5 N–H and O–H groups in total. The number of nitrogens with zero attached hydrogens (tertiary/aromatic N) is 3. The molecule has 4 fully saturated rings. The molecule has 55 heavy (non-hydrogen) atoms. The molecule has 7 atom stereocenters. The molecule has 300 valence electrons. The molecule has 1 aromatic heterocycles. The van der Waals surface area contributed by atoms with E-state index in [4.69, 9.17) is 24.2 Å². The molecule has 3 aliphatic carbocycles. The lowest BCUT2D eigenvalue weighted by molar-refractivity contribution is -0.142. The Morgan fingerprint density at radius 3 is 2.51 bits per heavy atom. The number of alkyl carbamates (subject to hydrolysis) is 1. The highest BCUT2D eigenvalue weighted by atomic mass is 32.2. The third-order valence-electron chi connectivity index (χ3n) is 11.3. The minimum atomic E-state index is -3.90. The fraction of sp³-hybridized carbons (Fsp3) is 0.632. The highest BCUT2D eigenvalue weighted by Crippen LogP contribution is 2.46. The molecule has 5 aliphatic rings. The summed E-state index contributed by atoms with van der Waals surface area (Å²) in [5, 5.41) is 4.96. The fourth-order valence-electron chi connectivity index (χ4n) is 7.64. The van der Waals surface area contributed by atoms with Gasteiger partial charge < -0.3 is 35.2 Å². The Bertz CT molecular complexity index is 1970. The second-order valence-electron chi connectivity index (χ2n) is 16.5. The molecule has 1 saturated heterocycles. The van der Waals surface area contributed by atoms with Gasteiger partial charge in [0.15, 0.2) is 0 Å². The highest BCUT2D eigenvalue weighted by molar-refractivity contribution is 7.91. The molecule has 4 amide bonds. The number of aryl methyl sites for hydroxylation is 1. The number of carbonyl (C=O) groups is 4. The van der Waals surface area contributed by atoms with Crippen molar-refractivity contribution in [2.24, 2.45) is 17.3 Å². The maximum absolute atomic E-state index is 14.6. The van der Waals surface area contributed by atoms with Crippen LogP contribution in [0.3, 0.4) is 0 Å². The lowest BCUT2D eigenvalue weighted by Gasteiger charge is -2.35. The number of hydrogen-bond donors (Lipinski definition) is 3. The van der Waals surface area contributed by atoms with Crippen LogP contribution in [0.1, 0.15) is 84.3 Å². The SMILES string of the molecule is C=C[C@@H]1C[C@]1(NC(=O)C1CC2CN1C(=O)C(C(C)(C)C)NC(=O)OC1CC1CCCCCc1nc3ccc(OC)cc3nc1O2)C(=O)NS(=O)(=O)C1CC1.O. The summed E-state index contributed by atoms with van der Waals surface area (Å²) in [5.74, 6) is -1.39. The number of sulfonamides is 1. The molecular formula is C38H52N6O10S. The van der Waals surface area contributed by atoms with Gasteiger partial charge in [0.05, 0.1) is 29.9 Å². The van der Waals surface area contributed by atoms with Crippen molar-refractivity contribution in [1.29, 1.82) is 0 Å². The zero-order valence-corrected chi connectivity index (χ0v) is 32.6. The number of nitrogens with one attached hydrogen (secondary N) is 3. The van der Waals surface area contributed by atoms with Crippen LogP contribution in [0.4, 0.5) is 4.79 Å². The number of fused-ring (bicyclic) bond motifs is 5. The molecule has 0 spiro atoms. The number of benzene rings is 1. The first kappa shape index (κ1) is 40.2. The highest BCUT2D eigenvalue weighted by Gasteiger charge is 2.62. The van der Waals surface area contributed by atoms with Crippen molar-refractivity contribution < 1.29 is 47.3 Å². The molecule has 3 heterocycles.